The van der Waals surface area contributed by atoms with Gasteiger partial charge in [0, 0.05) is 73.3 Å². The number of aromatic hydroxyl groups is 2. The van der Waals surface area contributed by atoms with Crippen molar-refractivity contribution in [3.8, 4) is 22.6 Å². The number of carbonyl (C=O) groups is 15. The molecule has 13 amide bonds. The Bertz CT molecular complexity index is 4760. The summed E-state index contributed by atoms with van der Waals surface area (Å²) in [6.45, 7) is 7.48. The predicted molar refractivity (Wildman–Crippen MR) is 471 cm³/mol. The van der Waals surface area contributed by atoms with Gasteiger partial charge in [0.2, 0.25) is 76.9 Å². The van der Waals surface area contributed by atoms with Gasteiger partial charge in [0.15, 0.2) is 11.1 Å². The molecule has 696 valence electrons. The molecule has 128 heavy (non-hydrogen) atoms. The van der Waals surface area contributed by atoms with E-state index in [0.717, 1.165) is 35.1 Å². The number of fused-ring (bicyclic) bond motifs is 3. The first-order valence-corrected chi connectivity index (χ1v) is 44.5. The summed E-state index contributed by atoms with van der Waals surface area (Å²) in [5.41, 5.74) is 13.7. The summed E-state index contributed by atoms with van der Waals surface area (Å²) in [6, 6.07) is 3.49. The quantitative estimate of drug-likeness (QED) is 0.00501. The lowest BCUT2D eigenvalue weighted by atomic mass is 9.97. The number of urea groups is 1. The van der Waals surface area contributed by atoms with Crippen molar-refractivity contribution in [2.75, 3.05) is 54.9 Å². The van der Waals surface area contributed by atoms with E-state index in [1.165, 1.54) is 36.1 Å². The Hall–Kier alpha value is -12.7. The number of unbranched alkanes of at least 4 members (excludes halogenated alkanes) is 2. The Morgan fingerprint density at radius 1 is 0.586 bits per heavy atom. The number of aliphatic carboxylic acids is 3. The zero-order chi connectivity index (χ0) is 93.4. The molecule has 0 aliphatic carbocycles. The van der Waals surface area contributed by atoms with E-state index in [0.29, 0.717) is 46.9 Å². The summed E-state index contributed by atoms with van der Waals surface area (Å²) in [6.07, 6.45) is -0.748. The number of rotatable bonds is 53. The van der Waals surface area contributed by atoms with Crippen LogP contribution in [0.5, 0.6) is 11.5 Å². The lowest BCUT2D eigenvalue weighted by Gasteiger charge is -2.30. The van der Waals surface area contributed by atoms with Gasteiger partial charge in [0.05, 0.1) is 48.1 Å². The predicted octanol–water partition coefficient (Wildman–Crippen LogP) is 1.71. The highest BCUT2D eigenvalue weighted by Gasteiger charge is 2.44. The second kappa shape index (κ2) is 49.4. The Labute approximate surface area is 745 Å². The second-order valence-electron chi connectivity index (χ2n) is 32.3. The third-order valence-electron chi connectivity index (χ3n) is 21.2. The lowest BCUT2D eigenvalue weighted by Crippen LogP contribution is -2.59. The Balaban J connectivity index is 0.956. The molecule has 3 aliphatic rings. The van der Waals surface area contributed by atoms with Crippen molar-refractivity contribution in [3.05, 3.63) is 60.7 Å². The highest BCUT2D eigenvalue weighted by atomic mass is 32.2. The van der Waals surface area contributed by atoms with E-state index in [2.05, 4.69) is 89.4 Å². The summed E-state index contributed by atoms with van der Waals surface area (Å²) in [7, 11) is 0. The number of anilines is 3. The topological polar surface area (TPSA) is 675 Å². The number of carboxylic acid groups (broad SMARTS) is 3. The summed E-state index contributed by atoms with van der Waals surface area (Å²) >= 11 is 2.87. The molecular weight excluding hydrogens is 1710 g/mol. The molecule has 3 saturated heterocycles. The van der Waals surface area contributed by atoms with Gasteiger partial charge in [0.1, 0.15) is 65.9 Å². The van der Waals surface area contributed by atoms with E-state index >= 15 is 0 Å². The molecule has 12 atom stereocenters. The molecule has 3 aliphatic heterocycles. The van der Waals surface area contributed by atoms with Crippen LogP contribution >= 0.6 is 23.5 Å². The zero-order valence-electron chi connectivity index (χ0n) is 71.7. The van der Waals surface area contributed by atoms with Crippen molar-refractivity contribution in [2.24, 2.45) is 23.3 Å². The summed E-state index contributed by atoms with van der Waals surface area (Å²) < 4.78 is 6.06. The van der Waals surface area contributed by atoms with Crippen LogP contribution in [0.3, 0.4) is 0 Å². The van der Waals surface area contributed by atoms with Gasteiger partial charge in [-0.25, -0.2) is 9.21 Å². The maximum atomic E-state index is 14.7. The molecule has 0 bridgehead atoms. The highest BCUT2D eigenvalue weighted by molar-refractivity contribution is 8.00. The first kappa shape index (κ1) is 101. The van der Waals surface area contributed by atoms with Crippen LogP contribution in [-0.2, 0) is 67.1 Å². The van der Waals surface area contributed by atoms with Crippen LogP contribution in [0.4, 0.5) is 22.4 Å². The Kier molecular flexibility index (Phi) is 38.9. The van der Waals surface area contributed by atoms with Crippen LogP contribution in [0.25, 0.3) is 33.1 Å². The van der Waals surface area contributed by atoms with Crippen molar-refractivity contribution in [2.45, 2.75) is 233 Å². The number of nitrogens with zero attached hydrogens (tertiary/aromatic N) is 4. The molecule has 45 heteroatoms. The average Bonchev–Trinajstić information content (AvgIpc) is 0.933. The number of carbonyl (C=O) groups excluding carboxylic acids is 12. The number of amides is 13. The fourth-order valence-electron chi connectivity index (χ4n) is 14.8. The number of nitrogens with one attached hydrogen (secondary N) is 15. The van der Waals surface area contributed by atoms with Crippen LogP contribution in [0.15, 0.2) is 70.2 Å². The largest absolute Gasteiger partial charge is 0.508 e. The van der Waals surface area contributed by atoms with Gasteiger partial charge in [0.25, 0.3) is 0 Å². The van der Waals surface area contributed by atoms with Crippen molar-refractivity contribution in [3.63, 3.8) is 0 Å². The standard InChI is InChI=1S/C83H115N21O22S2/c1-42(2)36-56(98-77(123)59-14-11-33-104(59)78(124)55(27-30-67(114)115)92-63(108)16-7-6-15-62-69-58(41-128-62)99-82(125)100-69)72(118)89-40-64(109)93-57(37-43(3)4)76(122)97-52(73(119)90-44(5)71(117)95-54(26-29-66(112)113)75(121)96-53(13-10-32-87-79(85)86)74(120)94-51(70(84)116)25-28-65(110)111)12-8-9-31-88-80-101-81(103-83(102-80)127-35-34-105)91-46-19-17-45(18-20-46)68-49-23-21-47(106)38-60(49)126-61-39-48(107)22-24-50(61)68/h17-24,38-39,42-44,51-59,62,69,105H,6-16,25-37,40-41H2,1-5H3,(H23-,84,85,86,87,88,89,90,91,92,93,94,95,96,97,98,99,100,101,102,103,106,107,108,109,110,111,112,113,114,115,116,117,118,119,120,121,122,123,125)/p+1/t44-,51-,52-,53-,54-,55-,56-,57-,58?,59-,62?,69?/m0/s1. The van der Waals surface area contributed by atoms with Crippen LogP contribution in [0, 0.1) is 17.2 Å². The number of aromatic nitrogens is 3. The molecule has 2 aromatic heterocycles. The first-order valence-electron chi connectivity index (χ1n) is 42.5. The normalized spacial score (nSPS) is 17.0. The Morgan fingerprint density at radius 2 is 1.14 bits per heavy atom. The first-order chi connectivity index (χ1) is 60.9. The SMILES string of the molecule is CC(C)C[C@H](NC(=O)CNC(=O)[C@H](CC(C)C)NC(=O)[C@@H]1CCCN1C(=O)[C@H](CCC(=O)O)NC(=O)CCCCC1SCC2NC(=O)NC21)C(=O)N[C@@H](CCCCNc1nc(Nc2ccc(-c3c4ccc(O)cc4[o+]c4cc(O)ccc34)cc2)nc(SCCO)n1)C(=O)N[C@@H](C)C(=O)N[C@@H](CCC(=O)O)C(=O)N[C@@H](CCCNC(=N)N)C(=O)N[C@@H](CCC(=O)O)C(N)=O. The van der Waals surface area contributed by atoms with Crippen LogP contribution in [0.2, 0.25) is 0 Å². The molecule has 25 N–H and O–H groups in total. The molecule has 5 aromatic rings. The van der Waals surface area contributed by atoms with E-state index in [1.807, 2.05) is 12.1 Å². The number of hydrogen-bond donors (Lipinski definition) is 23. The molecule has 0 saturated carbocycles. The van der Waals surface area contributed by atoms with Gasteiger partial charge in [-0.2, -0.15) is 26.7 Å². The molecule has 5 heterocycles. The lowest BCUT2D eigenvalue weighted by molar-refractivity contribution is -0.143. The van der Waals surface area contributed by atoms with E-state index in [1.54, 1.807) is 63.7 Å². The number of hydrogen-bond acceptors (Lipinski definition) is 26. The number of carboxylic acids is 3. The summed E-state index contributed by atoms with van der Waals surface area (Å²) in [5.74, 6) is -13.6. The minimum Gasteiger partial charge on any atom is -0.508 e. The van der Waals surface area contributed by atoms with E-state index < -0.39 is 182 Å². The van der Waals surface area contributed by atoms with Crippen molar-refractivity contribution in [1.29, 1.82) is 5.41 Å². The summed E-state index contributed by atoms with van der Waals surface area (Å²) in [5, 5.41) is 106. The number of nitrogens with two attached hydrogens (primary N) is 2. The molecular formula is C83H116N21O22S2+. The molecule has 3 aromatic carbocycles. The number of likely N-dealkylation sites (tertiary alicyclic amines) is 1. The molecule has 8 rings (SSSR count). The van der Waals surface area contributed by atoms with Crippen molar-refractivity contribution >= 4 is 158 Å². The maximum absolute atomic E-state index is 14.7. The number of aliphatic hydroxyl groups is 1. The van der Waals surface area contributed by atoms with Gasteiger partial charge in [-0.05, 0) is 151 Å². The smallest absolute Gasteiger partial charge is 0.365 e. The number of phenolic OH excluding ortho intramolecular Hbond substituents is 2. The third-order valence-corrected chi connectivity index (χ3v) is 23.5. The second-order valence-corrected chi connectivity index (χ2v) is 34.6. The minimum absolute atomic E-state index is 0.00499. The fraction of sp³-hybridized carbons (Fsp3) is 0.542. The van der Waals surface area contributed by atoms with Gasteiger partial charge < -0.3 is 121 Å². The molecule has 0 spiro atoms. The van der Waals surface area contributed by atoms with Gasteiger partial charge >= 0.3 is 35.1 Å². The van der Waals surface area contributed by atoms with Gasteiger partial charge in [-0.1, -0.05) is 58.0 Å². The van der Waals surface area contributed by atoms with Crippen LogP contribution < -0.4 is 85.9 Å². The number of benzene rings is 3. The number of phenols is 2. The number of guanidine groups is 1. The zero-order valence-corrected chi connectivity index (χ0v) is 73.3. The number of thioether (sulfide) groups is 2. The van der Waals surface area contributed by atoms with Gasteiger partial charge in [-0.3, -0.25) is 72.5 Å². The highest BCUT2D eigenvalue weighted by Crippen LogP contribution is 2.40. The molecule has 3 unspecified atom stereocenters. The third kappa shape index (κ3) is 31.7. The fourth-order valence-corrected chi connectivity index (χ4v) is 16.9. The number of aliphatic hydroxyl groups excluding tert-OH is 1. The Morgan fingerprint density at radius 3 is 1.74 bits per heavy atom. The molecule has 0 radical (unpaired) electrons. The van der Waals surface area contributed by atoms with Gasteiger partial charge in [-0.15, -0.1) is 0 Å². The van der Waals surface area contributed by atoms with Crippen molar-refractivity contribution in [1.82, 2.24) is 83.7 Å². The van der Waals surface area contributed by atoms with Crippen LogP contribution in [-0.4, -0.2) is 261 Å². The van der Waals surface area contributed by atoms with E-state index in [4.69, 9.17) is 21.3 Å². The monoisotopic (exact) mass is 1820 g/mol. The average molecular weight is 1820 g/mol. The maximum Gasteiger partial charge on any atom is 0.365 e. The van der Waals surface area contributed by atoms with Crippen LogP contribution in [0.1, 0.15) is 157 Å². The van der Waals surface area contributed by atoms with E-state index in [9.17, 15) is 103 Å². The molecule has 43 nitrogen and oxygen atoms in total. The minimum atomic E-state index is -1.74. The number of primary amides is 1. The summed E-state index contributed by atoms with van der Waals surface area (Å²) in [4.78, 5) is 216. The van der Waals surface area contributed by atoms with Crippen molar-refractivity contribution < 1.29 is 107 Å². The molecule has 3 fully saturated rings. The van der Waals surface area contributed by atoms with E-state index in [-0.39, 0.29) is 160 Å².